The van der Waals surface area contributed by atoms with Crippen LogP contribution in [0.3, 0.4) is 0 Å². The maximum atomic E-state index is 12.9. The van der Waals surface area contributed by atoms with E-state index in [2.05, 4.69) is 16.3 Å². The number of likely N-dealkylation sites (tertiary alicyclic amines) is 1. The molecule has 0 saturated carbocycles. The van der Waals surface area contributed by atoms with E-state index in [1.54, 1.807) is 17.0 Å². The Morgan fingerprint density at radius 1 is 1.09 bits per heavy atom. The summed E-state index contributed by atoms with van der Waals surface area (Å²) in [7, 11) is 0. The molecule has 3 saturated heterocycles. The summed E-state index contributed by atoms with van der Waals surface area (Å²) in [5, 5.41) is 2.34. The molecule has 1 aromatic carbocycles. The summed E-state index contributed by atoms with van der Waals surface area (Å²) in [4.78, 5) is 54.9. The summed E-state index contributed by atoms with van der Waals surface area (Å²) in [6.45, 7) is 3.70. The largest absolute Gasteiger partial charge is 0.459 e. The molecule has 5 heterocycles. The van der Waals surface area contributed by atoms with E-state index in [9.17, 15) is 19.2 Å². The average Bonchev–Trinajstić information content (AvgIpc) is 3.46. The van der Waals surface area contributed by atoms with Gasteiger partial charge >= 0.3 is 0 Å². The average molecular weight is 463 g/mol. The van der Waals surface area contributed by atoms with Crippen molar-refractivity contribution in [1.82, 2.24) is 15.1 Å². The lowest BCUT2D eigenvalue weighted by molar-refractivity contribution is -0.136. The van der Waals surface area contributed by atoms with Crippen molar-refractivity contribution in [3.05, 3.63) is 53.5 Å². The lowest BCUT2D eigenvalue weighted by Gasteiger charge is -2.55. The molecule has 0 radical (unpaired) electrons. The molecule has 2 aromatic rings. The molecule has 4 amide bonds. The second-order valence-electron chi connectivity index (χ2n) is 9.87. The van der Waals surface area contributed by atoms with Crippen molar-refractivity contribution in [2.75, 3.05) is 31.1 Å². The van der Waals surface area contributed by atoms with Gasteiger partial charge in [0.15, 0.2) is 5.76 Å². The maximum Gasteiger partial charge on any atom is 0.289 e. The van der Waals surface area contributed by atoms with Crippen LogP contribution in [0.1, 0.15) is 52.2 Å². The van der Waals surface area contributed by atoms with Crippen molar-refractivity contribution in [2.45, 2.75) is 38.3 Å². The lowest BCUT2D eigenvalue weighted by atomic mass is 9.71. The van der Waals surface area contributed by atoms with Crippen LogP contribution < -0.4 is 10.2 Å². The molecule has 176 valence electrons. The van der Waals surface area contributed by atoms with Crippen LogP contribution in [-0.2, 0) is 16.1 Å². The summed E-state index contributed by atoms with van der Waals surface area (Å²) in [5.41, 5.74) is 2.85. The van der Waals surface area contributed by atoms with E-state index in [1.165, 1.54) is 6.26 Å². The van der Waals surface area contributed by atoms with Gasteiger partial charge in [-0.2, -0.15) is 0 Å². The Morgan fingerprint density at radius 3 is 2.59 bits per heavy atom. The minimum absolute atomic E-state index is 0.0418. The highest BCUT2D eigenvalue weighted by Gasteiger charge is 2.46. The minimum Gasteiger partial charge on any atom is -0.459 e. The molecule has 1 spiro atoms. The topological polar surface area (TPSA) is 103 Å². The van der Waals surface area contributed by atoms with E-state index in [0.29, 0.717) is 24.3 Å². The third-order valence-electron chi connectivity index (χ3n) is 7.77. The molecule has 1 aromatic heterocycles. The minimum atomic E-state index is -0.595. The molecule has 9 nitrogen and oxygen atoms in total. The highest BCUT2D eigenvalue weighted by atomic mass is 16.3. The van der Waals surface area contributed by atoms with Gasteiger partial charge in [-0.3, -0.25) is 24.5 Å². The summed E-state index contributed by atoms with van der Waals surface area (Å²) >= 11 is 0. The molecule has 4 aliphatic rings. The fourth-order valence-electron chi connectivity index (χ4n) is 5.76. The van der Waals surface area contributed by atoms with Gasteiger partial charge in [0.2, 0.25) is 11.8 Å². The number of furan rings is 1. The molecule has 0 bridgehead atoms. The third kappa shape index (κ3) is 3.38. The molecule has 1 unspecified atom stereocenters. The van der Waals surface area contributed by atoms with Crippen LogP contribution in [0.25, 0.3) is 0 Å². The number of nitrogens with zero attached hydrogens (tertiary/aromatic N) is 3. The zero-order chi connectivity index (χ0) is 23.4. The van der Waals surface area contributed by atoms with Gasteiger partial charge in [0.25, 0.3) is 11.8 Å². The van der Waals surface area contributed by atoms with Gasteiger partial charge in [0, 0.05) is 55.8 Å². The number of hydrogen-bond acceptors (Lipinski definition) is 6. The fraction of sp³-hybridized carbons (Fsp3) is 0.440. The standard InChI is InChI=1S/C25H26N4O5/c30-21-6-5-19(22(31)26-21)29-13-16-12-17(3-4-18(16)23(29)32)28-14-25(15-28)7-9-27(10-8-25)24(33)20-2-1-11-34-20/h1-4,11-12,19H,5-10,13-15H2,(H,26,30,31). The third-order valence-corrected chi connectivity index (χ3v) is 7.77. The van der Waals surface area contributed by atoms with Crippen molar-refractivity contribution in [3.63, 3.8) is 0 Å². The first-order valence-corrected chi connectivity index (χ1v) is 11.8. The molecule has 1 N–H and O–H groups in total. The Bertz CT molecular complexity index is 1170. The number of nitrogens with one attached hydrogen (secondary N) is 1. The van der Waals surface area contributed by atoms with E-state index in [1.807, 2.05) is 17.0 Å². The summed E-state index contributed by atoms with van der Waals surface area (Å²) in [6.07, 6.45) is 4.07. The highest BCUT2D eigenvalue weighted by molar-refractivity contribution is 6.05. The van der Waals surface area contributed by atoms with Crippen molar-refractivity contribution < 1.29 is 23.6 Å². The number of fused-ring (bicyclic) bond motifs is 1. The number of piperidine rings is 2. The molecule has 34 heavy (non-hydrogen) atoms. The van der Waals surface area contributed by atoms with Crippen LogP contribution in [-0.4, -0.2) is 65.6 Å². The zero-order valence-electron chi connectivity index (χ0n) is 18.8. The van der Waals surface area contributed by atoms with Gasteiger partial charge in [0.05, 0.1) is 6.26 Å². The first kappa shape index (κ1) is 20.9. The Kier molecular flexibility index (Phi) is 4.75. The first-order valence-electron chi connectivity index (χ1n) is 11.8. The van der Waals surface area contributed by atoms with Crippen LogP contribution in [0.2, 0.25) is 0 Å². The number of anilines is 1. The van der Waals surface area contributed by atoms with Crippen molar-refractivity contribution in [1.29, 1.82) is 0 Å². The first-order chi connectivity index (χ1) is 16.4. The predicted molar refractivity (Wildman–Crippen MR) is 121 cm³/mol. The monoisotopic (exact) mass is 462 g/mol. The quantitative estimate of drug-likeness (QED) is 0.698. The van der Waals surface area contributed by atoms with Crippen molar-refractivity contribution >= 4 is 29.3 Å². The number of carbonyl (C=O) groups is 4. The van der Waals surface area contributed by atoms with Gasteiger partial charge < -0.3 is 19.1 Å². The highest BCUT2D eigenvalue weighted by Crippen LogP contribution is 2.43. The Hall–Kier alpha value is -3.62. The number of imide groups is 1. The summed E-state index contributed by atoms with van der Waals surface area (Å²) in [5.74, 6) is -0.468. The Morgan fingerprint density at radius 2 is 1.88 bits per heavy atom. The molecule has 0 aliphatic carbocycles. The van der Waals surface area contributed by atoms with E-state index in [-0.39, 0.29) is 35.5 Å². The van der Waals surface area contributed by atoms with Crippen LogP contribution in [0, 0.1) is 5.41 Å². The number of benzene rings is 1. The normalized spacial score (nSPS) is 23.7. The second-order valence-corrected chi connectivity index (χ2v) is 9.87. The molecule has 9 heteroatoms. The van der Waals surface area contributed by atoms with E-state index in [0.717, 1.165) is 50.3 Å². The predicted octanol–water partition coefficient (Wildman–Crippen LogP) is 1.78. The van der Waals surface area contributed by atoms with E-state index < -0.39 is 6.04 Å². The number of hydrogen-bond donors (Lipinski definition) is 1. The van der Waals surface area contributed by atoms with Crippen LogP contribution in [0.4, 0.5) is 5.69 Å². The van der Waals surface area contributed by atoms with Gasteiger partial charge in [0.1, 0.15) is 6.04 Å². The molecule has 1 atom stereocenters. The summed E-state index contributed by atoms with van der Waals surface area (Å²) in [6, 6.07) is 8.74. The second kappa shape index (κ2) is 7.72. The molecular formula is C25H26N4O5. The lowest BCUT2D eigenvalue weighted by Crippen LogP contribution is -2.61. The number of rotatable bonds is 3. The van der Waals surface area contributed by atoms with Gasteiger partial charge in [-0.15, -0.1) is 0 Å². The van der Waals surface area contributed by atoms with Gasteiger partial charge in [-0.1, -0.05) is 0 Å². The smallest absolute Gasteiger partial charge is 0.289 e. The van der Waals surface area contributed by atoms with Crippen LogP contribution in [0.15, 0.2) is 41.0 Å². The van der Waals surface area contributed by atoms with Crippen LogP contribution in [0.5, 0.6) is 0 Å². The van der Waals surface area contributed by atoms with Crippen molar-refractivity contribution in [3.8, 4) is 0 Å². The van der Waals surface area contributed by atoms with Gasteiger partial charge in [-0.05, 0) is 55.2 Å². The fourth-order valence-corrected chi connectivity index (χ4v) is 5.76. The SMILES string of the molecule is O=C1CCC(N2Cc3cc(N4CC5(CCN(C(=O)c6ccco6)CC5)C4)ccc3C2=O)C(=O)N1. The van der Waals surface area contributed by atoms with E-state index >= 15 is 0 Å². The molecule has 3 fully saturated rings. The molecule has 6 rings (SSSR count). The maximum absolute atomic E-state index is 12.9. The zero-order valence-corrected chi connectivity index (χ0v) is 18.8. The van der Waals surface area contributed by atoms with Gasteiger partial charge in [-0.25, -0.2) is 0 Å². The van der Waals surface area contributed by atoms with E-state index in [4.69, 9.17) is 4.42 Å². The van der Waals surface area contributed by atoms with Crippen molar-refractivity contribution in [2.24, 2.45) is 5.41 Å². The van der Waals surface area contributed by atoms with Crippen LogP contribution >= 0.6 is 0 Å². The number of carbonyl (C=O) groups excluding carboxylic acids is 4. The summed E-state index contributed by atoms with van der Waals surface area (Å²) < 4.78 is 5.25. The Balaban J connectivity index is 1.08. The molecule has 4 aliphatic heterocycles. The number of amides is 4. The molecular weight excluding hydrogens is 436 g/mol. The Labute approximate surface area is 196 Å².